The van der Waals surface area contributed by atoms with Gasteiger partial charge in [-0.15, -0.1) is 0 Å². The van der Waals surface area contributed by atoms with Crippen molar-refractivity contribution in [3.8, 4) is 0 Å². The van der Waals surface area contributed by atoms with E-state index in [-0.39, 0.29) is 0 Å². The van der Waals surface area contributed by atoms with Crippen LogP contribution in [0.25, 0.3) is 0 Å². The highest BCUT2D eigenvalue weighted by Crippen LogP contribution is 2.27. The Morgan fingerprint density at radius 1 is 1.05 bits per heavy atom. The first kappa shape index (κ1) is 14.8. The Morgan fingerprint density at radius 3 is 2.48 bits per heavy atom. The average molecular weight is 290 g/mol. The molecule has 0 bridgehead atoms. The SMILES string of the molecule is OCC1CCN(c2ccccc2CN2CCOCC2)CC1. The third kappa shape index (κ3) is 3.76. The van der Waals surface area contributed by atoms with Crippen molar-refractivity contribution < 1.29 is 9.84 Å². The molecule has 4 nitrogen and oxygen atoms in total. The number of aliphatic hydroxyl groups is 1. The summed E-state index contributed by atoms with van der Waals surface area (Å²) in [6.45, 7) is 7.23. The molecule has 2 fully saturated rings. The van der Waals surface area contributed by atoms with Crippen LogP contribution < -0.4 is 4.90 Å². The van der Waals surface area contributed by atoms with E-state index in [1.165, 1.54) is 11.3 Å². The van der Waals surface area contributed by atoms with Crippen molar-refractivity contribution in [1.29, 1.82) is 0 Å². The maximum Gasteiger partial charge on any atom is 0.0594 e. The number of hydrogen-bond acceptors (Lipinski definition) is 4. The molecule has 0 spiro atoms. The minimum Gasteiger partial charge on any atom is -0.396 e. The normalized spacial score (nSPS) is 21.7. The molecule has 3 rings (SSSR count). The van der Waals surface area contributed by atoms with Gasteiger partial charge in [0.25, 0.3) is 0 Å². The molecule has 116 valence electrons. The summed E-state index contributed by atoms with van der Waals surface area (Å²) in [6, 6.07) is 8.77. The van der Waals surface area contributed by atoms with Gasteiger partial charge < -0.3 is 14.7 Å². The first-order valence-electron chi connectivity index (χ1n) is 8.10. The fourth-order valence-electron chi connectivity index (χ4n) is 3.31. The molecule has 0 radical (unpaired) electrons. The predicted molar refractivity (Wildman–Crippen MR) is 84.6 cm³/mol. The number of piperidine rings is 1. The van der Waals surface area contributed by atoms with E-state index in [4.69, 9.17) is 4.74 Å². The number of benzene rings is 1. The molecule has 1 aromatic rings. The van der Waals surface area contributed by atoms with Gasteiger partial charge in [0.05, 0.1) is 13.2 Å². The summed E-state index contributed by atoms with van der Waals surface area (Å²) >= 11 is 0. The van der Waals surface area contributed by atoms with Crippen molar-refractivity contribution in [3.63, 3.8) is 0 Å². The van der Waals surface area contributed by atoms with Crippen LogP contribution in [-0.2, 0) is 11.3 Å². The smallest absolute Gasteiger partial charge is 0.0594 e. The van der Waals surface area contributed by atoms with E-state index < -0.39 is 0 Å². The first-order valence-corrected chi connectivity index (χ1v) is 8.10. The average Bonchev–Trinajstić information content (AvgIpc) is 2.56. The number of ether oxygens (including phenoxy) is 1. The third-order valence-corrected chi connectivity index (χ3v) is 4.70. The van der Waals surface area contributed by atoms with Crippen molar-refractivity contribution in [2.75, 3.05) is 50.9 Å². The zero-order chi connectivity index (χ0) is 14.5. The lowest BCUT2D eigenvalue weighted by molar-refractivity contribution is 0.0342. The summed E-state index contributed by atoms with van der Waals surface area (Å²) in [7, 11) is 0. The predicted octanol–water partition coefficient (Wildman–Crippen LogP) is 1.73. The van der Waals surface area contributed by atoms with Gasteiger partial charge in [-0.25, -0.2) is 0 Å². The molecule has 21 heavy (non-hydrogen) atoms. The van der Waals surface area contributed by atoms with E-state index in [2.05, 4.69) is 34.1 Å². The van der Waals surface area contributed by atoms with Crippen LogP contribution in [0, 0.1) is 5.92 Å². The van der Waals surface area contributed by atoms with Gasteiger partial charge in [-0.3, -0.25) is 4.90 Å². The van der Waals surface area contributed by atoms with Crippen LogP contribution in [0.3, 0.4) is 0 Å². The standard InChI is InChI=1S/C17H26N2O2/c20-14-15-5-7-19(8-6-15)17-4-2-1-3-16(17)13-18-9-11-21-12-10-18/h1-4,15,20H,5-14H2. The maximum atomic E-state index is 9.28. The second-order valence-corrected chi connectivity index (χ2v) is 6.13. The molecule has 2 heterocycles. The van der Waals surface area contributed by atoms with Crippen LogP contribution in [0.2, 0.25) is 0 Å². The molecule has 0 unspecified atom stereocenters. The van der Waals surface area contributed by atoms with Gasteiger partial charge in [-0.2, -0.15) is 0 Å². The van der Waals surface area contributed by atoms with E-state index in [9.17, 15) is 5.11 Å². The van der Waals surface area contributed by atoms with Gasteiger partial charge in [0, 0.05) is 45.0 Å². The second kappa shape index (κ2) is 7.25. The van der Waals surface area contributed by atoms with Crippen LogP contribution >= 0.6 is 0 Å². The summed E-state index contributed by atoms with van der Waals surface area (Å²) < 4.78 is 5.43. The number of morpholine rings is 1. The van der Waals surface area contributed by atoms with Gasteiger partial charge >= 0.3 is 0 Å². The lowest BCUT2D eigenvalue weighted by Crippen LogP contribution is -2.38. The van der Waals surface area contributed by atoms with Crippen molar-refractivity contribution in [1.82, 2.24) is 4.90 Å². The van der Waals surface area contributed by atoms with Crippen LogP contribution in [0.4, 0.5) is 5.69 Å². The summed E-state index contributed by atoms with van der Waals surface area (Å²) in [5.41, 5.74) is 2.79. The van der Waals surface area contributed by atoms with Gasteiger partial charge in [0.2, 0.25) is 0 Å². The van der Waals surface area contributed by atoms with Crippen LogP contribution in [0.15, 0.2) is 24.3 Å². The topological polar surface area (TPSA) is 35.9 Å². The molecule has 2 aliphatic rings. The van der Waals surface area contributed by atoms with E-state index in [1.807, 2.05) is 0 Å². The Bertz CT molecular complexity index is 438. The van der Waals surface area contributed by atoms with Crippen molar-refractivity contribution >= 4 is 5.69 Å². The van der Waals surface area contributed by atoms with Crippen molar-refractivity contribution in [3.05, 3.63) is 29.8 Å². The molecule has 0 amide bonds. The zero-order valence-electron chi connectivity index (χ0n) is 12.7. The minimum atomic E-state index is 0.337. The molecule has 1 aromatic carbocycles. The molecule has 4 heteroatoms. The number of anilines is 1. The monoisotopic (exact) mass is 290 g/mol. The summed E-state index contributed by atoms with van der Waals surface area (Å²) in [6.07, 6.45) is 2.20. The molecular weight excluding hydrogens is 264 g/mol. The van der Waals surface area contributed by atoms with Gasteiger partial charge in [-0.1, -0.05) is 18.2 Å². The summed E-state index contributed by atoms with van der Waals surface area (Å²) in [5.74, 6) is 0.493. The zero-order valence-corrected chi connectivity index (χ0v) is 12.7. The number of rotatable bonds is 4. The summed E-state index contributed by atoms with van der Waals surface area (Å²) in [4.78, 5) is 4.96. The Morgan fingerprint density at radius 2 is 1.76 bits per heavy atom. The van der Waals surface area contributed by atoms with Crippen LogP contribution in [-0.4, -0.2) is 56.0 Å². The first-order chi connectivity index (χ1) is 10.4. The number of aliphatic hydroxyl groups excluding tert-OH is 1. The molecule has 2 aliphatic heterocycles. The highest BCUT2D eigenvalue weighted by Gasteiger charge is 2.21. The molecule has 0 atom stereocenters. The van der Waals surface area contributed by atoms with Gasteiger partial charge in [0.15, 0.2) is 0 Å². The van der Waals surface area contributed by atoms with Gasteiger partial charge in [-0.05, 0) is 30.4 Å². The Hall–Kier alpha value is -1.10. The molecule has 0 aliphatic carbocycles. The fraction of sp³-hybridized carbons (Fsp3) is 0.647. The van der Waals surface area contributed by atoms with Crippen LogP contribution in [0.1, 0.15) is 18.4 Å². The molecular formula is C17H26N2O2. The van der Waals surface area contributed by atoms with E-state index in [1.54, 1.807) is 0 Å². The van der Waals surface area contributed by atoms with Crippen molar-refractivity contribution in [2.45, 2.75) is 19.4 Å². The molecule has 0 saturated carbocycles. The van der Waals surface area contributed by atoms with Gasteiger partial charge in [0.1, 0.15) is 0 Å². The quantitative estimate of drug-likeness (QED) is 0.916. The highest BCUT2D eigenvalue weighted by atomic mass is 16.5. The van der Waals surface area contributed by atoms with Crippen molar-refractivity contribution in [2.24, 2.45) is 5.92 Å². The fourth-order valence-corrected chi connectivity index (χ4v) is 3.31. The third-order valence-electron chi connectivity index (χ3n) is 4.70. The number of hydrogen-bond donors (Lipinski definition) is 1. The van der Waals surface area contributed by atoms with E-state index in [0.717, 1.165) is 58.8 Å². The Labute approximate surface area is 127 Å². The minimum absolute atomic E-state index is 0.337. The number of nitrogens with zero attached hydrogens (tertiary/aromatic N) is 2. The highest BCUT2D eigenvalue weighted by molar-refractivity contribution is 5.54. The molecule has 0 aromatic heterocycles. The Balaban J connectivity index is 1.67. The van der Waals surface area contributed by atoms with E-state index >= 15 is 0 Å². The molecule has 2 saturated heterocycles. The molecule has 1 N–H and O–H groups in total. The van der Waals surface area contributed by atoms with E-state index in [0.29, 0.717) is 12.5 Å². The maximum absolute atomic E-state index is 9.28. The number of para-hydroxylation sites is 1. The largest absolute Gasteiger partial charge is 0.396 e. The van der Waals surface area contributed by atoms with Crippen LogP contribution in [0.5, 0.6) is 0 Å². The lowest BCUT2D eigenvalue weighted by atomic mass is 9.97. The Kier molecular flexibility index (Phi) is 5.12. The summed E-state index contributed by atoms with van der Waals surface area (Å²) in [5, 5.41) is 9.28. The second-order valence-electron chi connectivity index (χ2n) is 6.13. The lowest BCUT2D eigenvalue weighted by Gasteiger charge is -2.35.